The van der Waals surface area contributed by atoms with Crippen molar-refractivity contribution in [3.63, 3.8) is 0 Å². The maximum Gasteiger partial charge on any atom is 0.127 e. The van der Waals surface area contributed by atoms with Gasteiger partial charge >= 0.3 is 0 Å². The van der Waals surface area contributed by atoms with E-state index in [1.54, 1.807) is 11.3 Å². The molecule has 1 N–H and O–H groups in total. The maximum atomic E-state index is 6.00. The van der Waals surface area contributed by atoms with Crippen molar-refractivity contribution >= 4 is 27.3 Å². The molecule has 1 aromatic heterocycles. The Bertz CT molecular complexity index is 611. The van der Waals surface area contributed by atoms with Gasteiger partial charge in [-0.1, -0.05) is 25.1 Å². The van der Waals surface area contributed by atoms with Crippen LogP contribution in [-0.4, -0.2) is 13.2 Å². The molecule has 0 saturated heterocycles. The van der Waals surface area contributed by atoms with Crippen LogP contribution in [0.25, 0.3) is 0 Å². The zero-order valence-electron chi connectivity index (χ0n) is 12.2. The first-order chi connectivity index (χ1) is 10.3. The second-order valence-electron chi connectivity index (χ2n) is 5.36. The highest BCUT2D eigenvalue weighted by molar-refractivity contribution is 9.11. The van der Waals surface area contributed by atoms with Gasteiger partial charge in [0.25, 0.3) is 0 Å². The summed E-state index contributed by atoms with van der Waals surface area (Å²) in [4.78, 5) is 0. The molecule has 0 spiro atoms. The molecule has 0 radical (unpaired) electrons. The van der Waals surface area contributed by atoms with Gasteiger partial charge in [-0.2, -0.15) is 0 Å². The molecule has 1 atom stereocenters. The fourth-order valence-electron chi connectivity index (χ4n) is 2.81. The van der Waals surface area contributed by atoms with Gasteiger partial charge in [-0.25, -0.2) is 0 Å². The summed E-state index contributed by atoms with van der Waals surface area (Å²) < 4.78 is 7.17. The molecule has 2 heterocycles. The van der Waals surface area contributed by atoms with Crippen LogP contribution in [0.4, 0.5) is 0 Å². The molecule has 112 valence electrons. The molecule has 1 aromatic carbocycles. The zero-order valence-corrected chi connectivity index (χ0v) is 14.6. The van der Waals surface area contributed by atoms with Crippen molar-refractivity contribution in [3.8, 4) is 5.75 Å². The van der Waals surface area contributed by atoms with Gasteiger partial charge in [0.05, 0.1) is 16.4 Å². The largest absolute Gasteiger partial charge is 0.493 e. The first-order valence-electron chi connectivity index (χ1n) is 7.51. The highest BCUT2D eigenvalue weighted by atomic mass is 79.9. The Morgan fingerprint density at radius 3 is 3.10 bits per heavy atom. The van der Waals surface area contributed by atoms with Crippen LogP contribution < -0.4 is 10.1 Å². The lowest BCUT2D eigenvalue weighted by atomic mass is 9.95. The Morgan fingerprint density at radius 1 is 1.43 bits per heavy atom. The summed E-state index contributed by atoms with van der Waals surface area (Å²) in [5.41, 5.74) is 3.92. The predicted molar refractivity (Wildman–Crippen MR) is 92.4 cm³/mol. The molecule has 0 amide bonds. The van der Waals surface area contributed by atoms with Gasteiger partial charge in [-0.15, -0.1) is 11.3 Å². The van der Waals surface area contributed by atoms with Gasteiger partial charge in [0.1, 0.15) is 5.75 Å². The summed E-state index contributed by atoms with van der Waals surface area (Å²) in [6.07, 6.45) is 3.36. The average Bonchev–Trinajstić information content (AvgIpc) is 2.94. The summed E-state index contributed by atoms with van der Waals surface area (Å²) in [5, 5.41) is 5.89. The van der Waals surface area contributed by atoms with Gasteiger partial charge in [0.2, 0.25) is 0 Å². The van der Waals surface area contributed by atoms with Gasteiger partial charge in [-0.3, -0.25) is 0 Å². The van der Waals surface area contributed by atoms with Crippen molar-refractivity contribution in [1.82, 2.24) is 5.32 Å². The first kappa shape index (κ1) is 15.1. The van der Waals surface area contributed by atoms with Crippen LogP contribution in [0.15, 0.2) is 33.4 Å². The minimum absolute atomic E-state index is 0.209. The molecule has 0 bridgehead atoms. The number of hydrogen-bond acceptors (Lipinski definition) is 3. The molecule has 2 nitrogen and oxygen atoms in total. The van der Waals surface area contributed by atoms with E-state index in [4.69, 9.17) is 4.74 Å². The summed E-state index contributed by atoms with van der Waals surface area (Å²) in [5.74, 6) is 1.10. The van der Waals surface area contributed by atoms with Gasteiger partial charge < -0.3 is 10.1 Å². The number of thiophene rings is 1. The van der Waals surface area contributed by atoms with Crippen molar-refractivity contribution in [2.75, 3.05) is 13.2 Å². The molecule has 1 aliphatic heterocycles. The highest BCUT2D eigenvalue weighted by Crippen LogP contribution is 2.37. The Hall–Kier alpha value is -0.840. The maximum absolute atomic E-state index is 6.00. The van der Waals surface area contributed by atoms with E-state index >= 15 is 0 Å². The van der Waals surface area contributed by atoms with E-state index in [1.165, 1.54) is 20.5 Å². The smallest absolute Gasteiger partial charge is 0.127 e. The number of rotatable bonds is 5. The molecule has 1 unspecified atom stereocenters. The first-order valence-corrected chi connectivity index (χ1v) is 9.18. The fourth-order valence-corrected chi connectivity index (χ4v) is 4.01. The summed E-state index contributed by atoms with van der Waals surface area (Å²) in [7, 11) is 0. The number of aryl methyl sites for hydroxylation is 1. The molecule has 2 aromatic rings. The van der Waals surface area contributed by atoms with E-state index in [-0.39, 0.29) is 6.04 Å². The number of halogens is 1. The number of hydrogen-bond donors (Lipinski definition) is 1. The average molecular weight is 366 g/mol. The molecule has 21 heavy (non-hydrogen) atoms. The minimum Gasteiger partial charge on any atom is -0.493 e. The highest BCUT2D eigenvalue weighted by Gasteiger charge is 2.22. The zero-order chi connectivity index (χ0) is 14.7. The van der Waals surface area contributed by atoms with Gasteiger partial charge in [0.15, 0.2) is 0 Å². The molecule has 3 rings (SSSR count). The van der Waals surface area contributed by atoms with Gasteiger partial charge in [-0.05, 0) is 64.3 Å². The number of ether oxygens (including phenoxy) is 1. The standard InChI is InChI=1S/C17H20BrNOS/c1-2-8-19-16(13-10-15(18)21-11-13)14-7-3-5-12-6-4-9-20-17(12)14/h3,5,7,10-11,16,19H,2,4,6,8-9H2,1H3. The Morgan fingerprint density at radius 2 is 2.33 bits per heavy atom. The van der Waals surface area contributed by atoms with Crippen LogP contribution in [0.2, 0.25) is 0 Å². The Labute approximate surface area is 138 Å². The Balaban J connectivity index is 2.00. The molecule has 0 aliphatic carbocycles. The van der Waals surface area contributed by atoms with E-state index < -0.39 is 0 Å². The van der Waals surface area contributed by atoms with Crippen LogP contribution >= 0.6 is 27.3 Å². The third-order valence-electron chi connectivity index (χ3n) is 3.79. The molecule has 4 heteroatoms. The van der Waals surface area contributed by atoms with Crippen LogP contribution in [-0.2, 0) is 6.42 Å². The molecule has 0 fully saturated rings. The third-order valence-corrected chi connectivity index (χ3v) is 5.32. The number of nitrogens with one attached hydrogen (secondary N) is 1. The third kappa shape index (κ3) is 3.33. The minimum atomic E-state index is 0.209. The van der Waals surface area contributed by atoms with Crippen LogP contribution in [0, 0.1) is 0 Å². The monoisotopic (exact) mass is 365 g/mol. The quantitative estimate of drug-likeness (QED) is 0.811. The number of para-hydroxylation sites is 1. The van der Waals surface area contributed by atoms with Crippen molar-refractivity contribution in [2.24, 2.45) is 0 Å². The molecular weight excluding hydrogens is 346 g/mol. The molecule has 0 saturated carbocycles. The topological polar surface area (TPSA) is 21.3 Å². The van der Waals surface area contributed by atoms with Crippen molar-refractivity contribution in [2.45, 2.75) is 32.2 Å². The normalized spacial score (nSPS) is 15.3. The van der Waals surface area contributed by atoms with Crippen LogP contribution in [0.5, 0.6) is 5.75 Å². The van der Waals surface area contributed by atoms with Crippen LogP contribution in [0.1, 0.15) is 42.5 Å². The van der Waals surface area contributed by atoms with E-state index in [2.05, 4.69) is 57.8 Å². The van der Waals surface area contributed by atoms with E-state index in [1.807, 2.05) is 0 Å². The summed E-state index contributed by atoms with van der Waals surface area (Å²) >= 11 is 5.31. The van der Waals surface area contributed by atoms with Crippen LogP contribution in [0.3, 0.4) is 0 Å². The SMILES string of the molecule is CCCNC(c1csc(Br)c1)c1cccc2c1OCCC2. The van der Waals surface area contributed by atoms with E-state index in [9.17, 15) is 0 Å². The van der Waals surface area contributed by atoms with E-state index in [0.717, 1.165) is 38.2 Å². The molecular formula is C17H20BrNOS. The van der Waals surface area contributed by atoms with Gasteiger partial charge in [0, 0.05) is 5.56 Å². The Kier molecular flexibility index (Phi) is 4.99. The lowest BCUT2D eigenvalue weighted by molar-refractivity contribution is 0.283. The number of fused-ring (bicyclic) bond motifs is 1. The molecule has 1 aliphatic rings. The van der Waals surface area contributed by atoms with Crippen molar-refractivity contribution in [1.29, 1.82) is 0 Å². The second-order valence-corrected chi connectivity index (χ2v) is 7.65. The summed E-state index contributed by atoms with van der Waals surface area (Å²) in [6, 6.07) is 8.97. The summed E-state index contributed by atoms with van der Waals surface area (Å²) in [6.45, 7) is 4.03. The lowest BCUT2D eigenvalue weighted by Crippen LogP contribution is -2.24. The second kappa shape index (κ2) is 6.95. The number of benzene rings is 1. The van der Waals surface area contributed by atoms with Crippen molar-refractivity contribution in [3.05, 3.63) is 50.1 Å². The fraction of sp³-hybridized carbons (Fsp3) is 0.412. The predicted octanol–water partition coefficient (Wildman–Crippen LogP) is 4.92. The van der Waals surface area contributed by atoms with E-state index in [0.29, 0.717) is 0 Å². The van der Waals surface area contributed by atoms with Crippen molar-refractivity contribution < 1.29 is 4.74 Å². The lowest BCUT2D eigenvalue weighted by Gasteiger charge is -2.25.